The number of hydrogen-bond donors (Lipinski definition) is 2. The number of primary sulfonamides is 1. The molecule has 2 aromatic rings. The van der Waals surface area contributed by atoms with Crippen molar-refractivity contribution >= 4 is 33.3 Å². The van der Waals surface area contributed by atoms with Crippen molar-refractivity contribution < 1.29 is 32.1 Å². The number of hydrogen-bond acceptors (Lipinski definition) is 8. The second-order valence-corrected chi connectivity index (χ2v) is 6.49. The van der Waals surface area contributed by atoms with E-state index in [2.05, 4.69) is 5.32 Å². The number of nitro benzene ring substituents is 1. The normalized spacial score (nSPS) is 11.0. The van der Waals surface area contributed by atoms with Gasteiger partial charge in [0, 0.05) is 6.07 Å². The van der Waals surface area contributed by atoms with Crippen molar-refractivity contribution in [1.82, 2.24) is 0 Å². The van der Waals surface area contributed by atoms with Crippen LogP contribution in [0.5, 0.6) is 0 Å². The summed E-state index contributed by atoms with van der Waals surface area (Å²) in [7, 11) is -4.11. The van der Waals surface area contributed by atoms with Gasteiger partial charge in [-0.05, 0) is 25.1 Å². The highest BCUT2D eigenvalue weighted by Gasteiger charge is 2.20. The second-order valence-electron chi connectivity index (χ2n) is 4.99. The molecule has 0 bridgehead atoms. The molecule has 2 rings (SSSR count). The lowest BCUT2D eigenvalue weighted by atomic mass is 10.1. The highest BCUT2D eigenvalue weighted by atomic mass is 32.2. The summed E-state index contributed by atoms with van der Waals surface area (Å²) in [6.07, 6.45) is 0. The summed E-state index contributed by atoms with van der Waals surface area (Å²) in [6.45, 7) is 0.740. The average molecular weight is 383 g/mol. The van der Waals surface area contributed by atoms with Gasteiger partial charge in [-0.25, -0.2) is 18.4 Å². The van der Waals surface area contributed by atoms with E-state index >= 15 is 0 Å². The number of rotatable bonds is 6. The van der Waals surface area contributed by atoms with Gasteiger partial charge < -0.3 is 14.5 Å². The Balaban J connectivity index is 1.99. The maximum atomic E-state index is 11.8. The Morgan fingerprint density at radius 2 is 2.00 bits per heavy atom. The number of benzene rings is 1. The monoisotopic (exact) mass is 383 g/mol. The summed E-state index contributed by atoms with van der Waals surface area (Å²) in [6, 6.07) is 6.13. The molecule has 0 aliphatic carbocycles. The predicted molar refractivity (Wildman–Crippen MR) is 86.8 cm³/mol. The van der Waals surface area contributed by atoms with E-state index in [9.17, 15) is 28.1 Å². The number of sulfonamides is 1. The van der Waals surface area contributed by atoms with Crippen LogP contribution < -0.4 is 10.5 Å². The molecule has 1 amide bonds. The van der Waals surface area contributed by atoms with Crippen molar-refractivity contribution in [2.45, 2.75) is 12.0 Å². The minimum Gasteiger partial charge on any atom is -0.450 e. The molecule has 3 N–H and O–H groups in total. The number of carbonyl (C=O) groups is 2. The molecule has 0 radical (unpaired) electrons. The topological polar surface area (TPSA) is 172 Å². The molecule has 0 unspecified atom stereocenters. The maximum Gasteiger partial charge on any atom is 0.374 e. The van der Waals surface area contributed by atoms with Crippen LogP contribution in [0.25, 0.3) is 0 Å². The minimum atomic E-state index is -4.11. The number of carbonyl (C=O) groups excluding carboxylic acids is 2. The van der Waals surface area contributed by atoms with Crippen LogP contribution in [-0.4, -0.2) is 31.8 Å². The third-order valence-corrected chi connectivity index (χ3v) is 3.95. The van der Waals surface area contributed by atoms with Crippen LogP contribution in [-0.2, 0) is 19.6 Å². The number of nitrogens with zero attached hydrogens (tertiary/aromatic N) is 1. The van der Waals surface area contributed by atoms with E-state index in [1.54, 1.807) is 0 Å². The first-order valence-electron chi connectivity index (χ1n) is 6.93. The number of amides is 1. The smallest absolute Gasteiger partial charge is 0.374 e. The van der Waals surface area contributed by atoms with Crippen molar-refractivity contribution in [1.29, 1.82) is 0 Å². The summed E-state index contributed by atoms with van der Waals surface area (Å²) in [4.78, 5) is 33.8. The van der Waals surface area contributed by atoms with Crippen LogP contribution in [0.15, 0.2) is 39.8 Å². The molecule has 0 spiro atoms. The fraction of sp³-hybridized carbons (Fsp3) is 0.143. The third-order valence-electron chi connectivity index (χ3n) is 3.17. The average Bonchev–Trinajstić information content (AvgIpc) is 3.04. The largest absolute Gasteiger partial charge is 0.450 e. The van der Waals surface area contributed by atoms with E-state index in [0.717, 1.165) is 12.1 Å². The molecular formula is C14H13N3O8S. The predicted octanol–water partition coefficient (Wildman–Crippen LogP) is 0.939. The second kappa shape index (κ2) is 7.33. The van der Waals surface area contributed by atoms with E-state index in [0.29, 0.717) is 0 Å². The highest BCUT2D eigenvalue weighted by molar-refractivity contribution is 7.89. The molecular weight excluding hydrogens is 370 g/mol. The number of nitrogens with one attached hydrogen (secondary N) is 1. The SMILES string of the molecule is Cc1c(NC(=O)COC(=O)c2ccc(S(N)(=O)=O)o2)cccc1[N+](=O)[O-]. The van der Waals surface area contributed by atoms with E-state index in [4.69, 9.17) is 14.3 Å². The van der Waals surface area contributed by atoms with Gasteiger partial charge in [0.2, 0.25) is 10.9 Å². The van der Waals surface area contributed by atoms with Gasteiger partial charge in [0.25, 0.3) is 21.6 Å². The Morgan fingerprint density at radius 3 is 2.58 bits per heavy atom. The third kappa shape index (κ3) is 4.43. The molecule has 0 atom stereocenters. The molecule has 0 aliphatic heterocycles. The standard InChI is InChI=1S/C14H13N3O8S/c1-8-9(3-2-4-10(8)17(20)21)16-12(18)7-24-14(19)11-5-6-13(25-11)26(15,22)23/h2-6H,7H2,1H3,(H,16,18)(H2,15,22,23). The molecule has 11 nitrogen and oxygen atoms in total. The molecule has 1 aromatic heterocycles. The summed E-state index contributed by atoms with van der Waals surface area (Å²) < 4.78 is 31.5. The maximum absolute atomic E-state index is 11.8. The van der Waals surface area contributed by atoms with E-state index < -0.39 is 44.3 Å². The van der Waals surface area contributed by atoms with Gasteiger partial charge in [0.15, 0.2) is 6.61 Å². The molecule has 26 heavy (non-hydrogen) atoms. The Hall–Kier alpha value is -3.25. The number of furan rings is 1. The van der Waals surface area contributed by atoms with Crippen molar-refractivity contribution in [3.05, 3.63) is 51.8 Å². The number of anilines is 1. The van der Waals surface area contributed by atoms with Gasteiger partial charge in [-0.3, -0.25) is 14.9 Å². The first-order chi connectivity index (χ1) is 12.1. The van der Waals surface area contributed by atoms with Crippen LogP contribution >= 0.6 is 0 Å². The summed E-state index contributed by atoms with van der Waals surface area (Å²) >= 11 is 0. The van der Waals surface area contributed by atoms with Gasteiger partial charge in [-0.2, -0.15) is 0 Å². The van der Waals surface area contributed by atoms with Crippen LogP contribution in [0.1, 0.15) is 16.1 Å². The molecule has 0 fully saturated rings. The van der Waals surface area contributed by atoms with E-state index in [1.807, 2.05) is 0 Å². The number of ether oxygens (including phenoxy) is 1. The van der Waals surface area contributed by atoms with Gasteiger partial charge >= 0.3 is 5.97 Å². The Labute approximate surface area is 146 Å². The Kier molecular flexibility index (Phi) is 5.38. The molecule has 0 saturated carbocycles. The molecule has 0 saturated heterocycles. The van der Waals surface area contributed by atoms with Gasteiger partial charge in [-0.15, -0.1) is 0 Å². The van der Waals surface area contributed by atoms with Crippen LogP contribution in [0.2, 0.25) is 0 Å². The van der Waals surface area contributed by atoms with Crippen LogP contribution in [0.4, 0.5) is 11.4 Å². The molecule has 138 valence electrons. The molecule has 0 aliphatic rings. The zero-order chi connectivity index (χ0) is 19.5. The van der Waals surface area contributed by atoms with Gasteiger partial charge in [0.1, 0.15) is 0 Å². The van der Waals surface area contributed by atoms with Crippen molar-refractivity contribution in [3.8, 4) is 0 Å². The summed E-state index contributed by atoms with van der Waals surface area (Å²) in [5, 5.41) is 17.5. The quantitative estimate of drug-likeness (QED) is 0.421. The highest BCUT2D eigenvalue weighted by Crippen LogP contribution is 2.24. The lowest BCUT2D eigenvalue weighted by molar-refractivity contribution is -0.385. The molecule has 1 aromatic carbocycles. The first-order valence-corrected chi connectivity index (χ1v) is 8.48. The van der Waals surface area contributed by atoms with E-state index in [-0.39, 0.29) is 16.9 Å². The van der Waals surface area contributed by atoms with Crippen molar-refractivity contribution in [2.75, 3.05) is 11.9 Å². The summed E-state index contributed by atoms with van der Waals surface area (Å²) in [5.74, 6) is -2.28. The lowest BCUT2D eigenvalue weighted by Crippen LogP contribution is -2.21. The zero-order valence-corrected chi connectivity index (χ0v) is 14.1. The van der Waals surface area contributed by atoms with E-state index in [1.165, 1.54) is 25.1 Å². The minimum absolute atomic E-state index is 0.175. The number of nitro groups is 1. The zero-order valence-electron chi connectivity index (χ0n) is 13.3. The molecule has 1 heterocycles. The van der Waals surface area contributed by atoms with Crippen molar-refractivity contribution in [3.63, 3.8) is 0 Å². The van der Waals surface area contributed by atoms with Gasteiger partial charge in [-0.1, -0.05) is 6.07 Å². The molecule has 12 heteroatoms. The number of esters is 1. The fourth-order valence-electron chi connectivity index (χ4n) is 1.93. The van der Waals surface area contributed by atoms with Crippen molar-refractivity contribution in [2.24, 2.45) is 5.14 Å². The Morgan fingerprint density at radius 1 is 1.31 bits per heavy atom. The first kappa shape index (κ1) is 19.1. The van der Waals surface area contributed by atoms with Crippen LogP contribution in [0.3, 0.4) is 0 Å². The van der Waals surface area contributed by atoms with Crippen LogP contribution in [0, 0.1) is 17.0 Å². The lowest BCUT2D eigenvalue weighted by Gasteiger charge is -2.08. The number of nitrogens with two attached hydrogens (primary N) is 1. The Bertz CT molecular complexity index is 980. The fourth-order valence-corrected chi connectivity index (χ4v) is 2.39. The summed E-state index contributed by atoms with van der Waals surface area (Å²) in [5.41, 5.74) is 0.252. The van der Waals surface area contributed by atoms with Gasteiger partial charge in [0.05, 0.1) is 16.2 Å².